The zero-order valence-corrected chi connectivity index (χ0v) is 54.3. The minimum absolute atomic E-state index is 0. The average molecular weight is 1160 g/mol. The predicted molar refractivity (Wildman–Crippen MR) is 357 cm³/mol. The first kappa shape index (κ1) is 64.9. The van der Waals surface area contributed by atoms with Gasteiger partial charge in [-0.2, -0.15) is 71.8 Å². The van der Waals surface area contributed by atoms with E-state index in [0.717, 1.165) is 0 Å². The number of benzene rings is 10. The minimum Gasteiger partial charge on any atom is -0.184 e. The molecule has 10 rings (SSSR count). The summed E-state index contributed by atoms with van der Waals surface area (Å²) in [5.74, 6) is 3.35. The molecule has 0 saturated carbocycles. The van der Waals surface area contributed by atoms with Crippen LogP contribution < -0.4 is 0 Å². The SMILES string of the molecule is CC(C)c1cc[c-]cc1.CC(C)c1cc[c-]cc1.CC(C)c1ccc(C(=C(c2ccccc2)c2ccc(C(C)C)cc2)c2ccccc2)cc1.CC(C)c1ccc(C(=C(c2ccccc2)c2ccccc2)c2ccc(C(C)C)cc2)cc1.[Y]. The molecular formula is C82H86Y-2. The zero-order valence-electron chi connectivity index (χ0n) is 51.4. The molecule has 83 heavy (non-hydrogen) atoms. The summed E-state index contributed by atoms with van der Waals surface area (Å²) >= 11 is 0. The number of rotatable bonds is 14. The third-order valence-corrected chi connectivity index (χ3v) is 15.0. The normalized spacial score (nSPS) is 11.2. The van der Waals surface area contributed by atoms with Gasteiger partial charge in [0.25, 0.3) is 0 Å². The van der Waals surface area contributed by atoms with Crippen LogP contribution >= 0.6 is 0 Å². The standard InChI is InChI=1S/2C32H32.2C9H11.Y/c1-23(2)25-15-19-29(20-16-25)31(27-11-7-5-8-12-27)32(28-13-9-6-10-14-28)30-21-17-26(18-22-30)24(3)4;1-23(2)25-15-19-29(20-16-25)32(30-21-17-26(18-22-30)24(3)4)31(27-11-7-5-8-12-27)28-13-9-6-10-14-28;2*1-8(2)9-6-4-3-5-7-9;/h2*5-24H,1-4H3;2*4-8H,1-2H3;/q;;2*-1;. The van der Waals surface area contributed by atoms with E-state index in [1.165, 1.54) is 100 Å². The maximum Gasteiger partial charge on any atom is 0 e. The van der Waals surface area contributed by atoms with E-state index in [1.807, 2.05) is 24.3 Å². The van der Waals surface area contributed by atoms with Crippen molar-refractivity contribution in [2.24, 2.45) is 0 Å². The Labute approximate surface area is 526 Å². The molecule has 0 atom stereocenters. The van der Waals surface area contributed by atoms with Gasteiger partial charge in [0.2, 0.25) is 0 Å². The van der Waals surface area contributed by atoms with Gasteiger partial charge in [-0.3, -0.25) is 0 Å². The van der Waals surface area contributed by atoms with Crippen molar-refractivity contribution in [2.45, 2.75) is 119 Å². The summed E-state index contributed by atoms with van der Waals surface area (Å²) in [7, 11) is 0. The second-order valence-electron chi connectivity index (χ2n) is 23.0. The van der Waals surface area contributed by atoms with E-state index in [-0.39, 0.29) is 32.7 Å². The number of hydrogen-bond donors (Lipinski definition) is 0. The maximum absolute atomic E-state index is 2.99. The van der Waals surface area contributed by atoms with E-state index in [9.17, 15) is 0 Å². The molecule has 0 saturated heterocycles. The van der Waals surface area contributed by atoms with Crippen LogP contribution in [-0.4, -0.2) is 0 Å². The van der Waals surface area contributed by atoms with Crippen LogP contribution in [0.15, 0.2) is 267 Å². The summed E-state index contributed by atoms with van der Waals surface area (Å²) in [5, 5.41) is 0. The molecule has 0 unspecified atom stereocenters. The van der Waals surface area contributed by atoms with Crippen LogP contribution in [0.1, 0.15) is 196 Å². The molecule has 1 heteroatoms. The van der Waals surface area contributed by atoms with Crippen molar-refractivity contribution in [3.05, 3.63) is 357 Å². The summed E-state index contributed by atoms with van der Waals surface area (Å²) in [6.45, 7) is 26.7. The Kier molecular flexibility index (Phi) is 26.0. The van der Waals surface area contributed by atoms with E-state index in [1.54, 1.807) is 0 Å². The van der Waals surface area contributed by atoms with Crippen molar-refractivity contribution >= 4 is 22.3 Å². The molecule has 0 aliphatic heterocycles. The van der Waals surface area contributed by atoms with Crippen molar-refractivity contribution in [1.82, 2.24) is 0 Å². The van der Waals surface area contributed by atoms with E-state index in [4.69, 9.17) is 0 Å². The first-order valence-electron chi connectivity index (χ1n) is 29.7. The maximum atomic E-state index is 2.99. The van der Waals surface area contributed by atoms with Gasteiger partial charge in [0.05, 0.1) is 0 Å². The van der Waals surface area contributed by atoms with Gasteiger partial charge in [0.1, 0.15) is 0 Å². The predicted octanol–water partition coefficient (Wildman–Crippen LogP) is 23.1. The summed E-state index contributed by atoms with van der Waals surface area (Å²) in [6, 6.07) is 102. The quantitative estimate of drug-likeness (QED) is 0.0752. The van der Waals surface area contributed by atoms with Gasteiger partial charge in [-0.1, -0.05) is 301 Å². The van der Waals surface area contributed by atoms with Crippen molar-refractivity contribution in [1.29, 1.82) is 0 Å². The largest absolute Gasteiger partial charge is 0.184 e. The molecule has 0 N–H and O–H groups in total. The molecule has 0 aliphatic carbocycles. The zero-order chi connectivity index (χ0) is 58.4. The molecule has 1 radical (unpaired) electrons. The second-order valence-corrected chi connectivity index (χ2v) is 23.0. The van der Waals surface area contributed by atoms with Gasteiger partial charge < -0.3 is 0 Å². The Hall–Kier alpha value is -7.22. The van der Waals surface area contributed by atoms with Crippen molar-refractivity contribution in [3.8, 4) is 0 Å². The Morgan fingerprint density at radius 1 is 0.193 bits per heavy atom. The Bertz CT molecular complexity index is 3230. The van der Waals surface area contributed by atoms with Gasteiger partial charge in [-0.15, -0.1) is 0 Å². The fraction of sp³-hybridized carbons (Fsp3) is 0.220. The fourth-order valence-electron chi connectivity index (χ4n) is 9.95. The molecule has 0 amide bonds. The molecule has 10 aromatic carbocycles. The molecule has 0 spiro atoms. The smallest absolute Gasteiger partial charge is 0 e. The Morgan fingerprint density at radius 2 is 0.337 bits per heavy atom. The molecule has 10 aromatic rings. The van der Waals surface area contributed by atoms with Crippen molar-refractivity contribution in [2.75, 3.05) is 0 Å². The summed E-state index contributed by atoms with van der Waals surface area (Å²) in [6.07, 6.45) is 0. The van der Waals surface area contributed by atoms with Gasteiger partial charge in [-0.05, 0) is 125 Å². The minimum atomic E-state index is 0. The van der Waals surface area contributed by atoms with Crippen LogP contribution in [-0.2, 0) is 32.7 Å². The van der Waals surface area contributed by atoms with Gasteiger partial charge in [0, 0.05) is 32.7 Å². The molecule has 0 fully saturated rings. The summed E-state index contributed by atoms with van der Waals surface area (Å²) in [4.78, 5) is 0. The van der Waals surface area contributed by atoms with Crippen LogP contribution in [0.2, 0.25) is 0 Å². The average Bonchev–Trinajstić information content (AvgIpc) is 3.66. The molecular weight excluding hydrogens is 1070 g/mol. The van der Waals surface area contributed by atoms with E-state index in [2.05, 4.69) is 338 Å². The first-order valence-corrected chi connectivity index (χ1v) is 29.7. The fourth-order valence-corrected chi connectivity index (χ4v) is 9.95. The van der Waals surface area contributed by atoms with Gasteiger partial charge in [-0.25, -0.2) is 0 Å². The van der Waals surface area contributed by atoms with Crippen molar-refractivity contribution in [3.63, 3.8) is 0 Å². The topological polar surface area (TPSA) is 0 Å². The van der Waals surface area contributed by atoms with Crippen molar-refractivity contribution < 1.29 is 32.7 Å². The van der Waals surface area contributed by atoms with Crippen LogP contribution in [0.5, 0.6) is 0 Å². The van der Waals surface area contributed by atoms with Crippen LogP contribution in [0.4, 0.5) is 0 Å². The van der Waals surface area contributed by atoms with Crippen LogP contribution in [0.3, 0.4) is 0 Å². The van der Waals surface area contributed by atoms with E-state index < -0.39 is 0 Å². The molecule has 0 bridgehead atoms. The van der Waals surface area contributed by atoms with E-state index >= 15 is 0 Å². The van der Waals surface area contributed by atoms with Gasteiger partial charge >= 0.3 is 0 Å². The summed E-state index contributed by atoms with van der Waals surface area (Å²) in [5.41, 5.74) is 23.2. The number of hydrogen-bond acceptors (Lipinski definition) is 0. The molecule has 0 heterocycles. The van der Waals surface area contributed by atoms with Crippen LogP contribution in [0.25, 0.3) is 22.3 Å². The van der Waals surface area contributed by atoms with Gasteiger partial charge in [0.15, 0.2) is 0 Å². The monoisotopic (exact) mass is 1160 g/mol. The third kappa shape index (κ3) is 18.9. The summed E-state index contributed by atoms with van der Waals surface area (Å²) < 4.78 is 0. The molecule has 0 aromatic heterocycles. The molecule has 0 aliphatic rings. The molecule has 419 valence electrons. The first-order chi connectivity index (χ1) is 39.7. The second kappa shape index (κ2) is 33.2. The van der Waals surface area contributed by atoms with E-state index in [0.29, 0.717) is 35.5 Å². The Morgan fingerprint density at radius 3 is 0.482 bits per heavy atom. The molecule has 0 nitrogen and oxygen atoms in total. The third-order valence-electron chi connectivity index (χ3n) is 15.0. The Balaban J connectivity index is 0.000000203. The van der Waals surface area contributed by atoms with Crippen LogP contribution in [0, 0.1) is 12.1 Å².